The predicted molar refractivity (Wildman–Crippen MR) is 80.6 cm³/mol. The van der Waals surface area contributed by atoms with Crippen molar-refractivity contribution in [3.05, 3.63) is 52.6 Å². The van der Waals surface area contributed by atoms with E-state index in [2.05, 4.69) is 20.9 Å². The van der Waals surface area contributed by atoms with E-state index in [1.54, 1.807) is 13.3 Å². The van der Waals surface area contributed by atoms with Crippen LogP contribution in [-0.4, -0.2) is 23.0 Å². The zero-order chi connectivity index (χ0) is 13.7. The van der Waals surface area contributed by atoms with Crippen LogP contribution < -0.4 is 4.74 Å². The third-order valence-electron chi connectivity index (χ3n) is 2.57. The quantitative estimate of drug-likeness (QED) is 0.844. The largest absolute Gasteiger partial charge is 0.497 e. The fourth-order valence-electron chi connectivity index (χ4n) is 1.56. The van der Waals surface area contributed by atoms with Crippen LogP contribution in [0.15, 0.2) is 52.1 Å². The molecule has 1 unspecified atom stereocenters. The van der Waals surface area contributed by atoms with Crippen molar-refractivity contribution in [2.75, 3.05) is 12.9 Å². The first-order valence-electron chi connectivity index (χ1n) is 5.75. The summed E-state index contributed by atoms with van der Waals surface area (Å²) >= 11 is 4.87. The second kappa shape index (κ2) is 6.93. The Hall–Kier alpha value is -1.04. The molecule has 3 nitrogen and oxygen atoms in total. The SMILES string of the molecule is COc1cccc(C(O)CSc2ccc(Br)cn2)c1. The number of methoxy groups -OCH3 is 1. The molecular weight excluding hydrogens is 326 g/mol. The first-order valence-corrected chi connectivity index (χ1v) is 7.53. The summed E-state index contributed by atoms with van der Waals surface area (Å²) in [6.07, 6.45) is 1.21. The number of thioether (sulfide) groups is 1. The third kappa shape index (κ3) is 4.23. The number of pyridine rings is 1. The third-order valence-corrected chi connectivity index (χ3v) is 4.06. The zero-order valence-electron chi connectivity index (χ0n) is 10.4. The molecule has 5 heteroatoms. The molecule has 2 rings (SSSR count). The Morgan fingerprint density at radius 3 is 2.89 bits per heavy atom. The van der Waals surface area contributed by atoms with Crippen molar-refractivity contribution in [1.82, 2.24) is 4.98 Å². The Labute approximate surface area is 125 Å². The molecule has 0 saturated carbocycles. The van der Waals surface area contributed by atoms with Gasteiger partial charge in [-0.25, -0.2) is 4.98 Å². The molecule has 0 aliphatic heterocycles. The van der Waals surface area contributed by atoms with Crippen molar-refractivity contribution in [2.45, 2.75) is 11.1 Å². The van der Waals surface area contributed by atoms with E-state index in [0.717, 1.165) is 20.8 Å². The van der Waals surface area contributed by atoms with Crippen molar-refractivity contribution in [1.29, 1.82) is 0 Å². The maximum absolute atomic E-state index is 10.1. The molecule has 19 heavy (non-hydrogen) atoms. The Morgan fingerprint density at radius 1 is 1.37 bits per heavy atom. The van der Waals surface area contributed by atoms with Crippen LogP contribution in [0.25, 0.3) is 0 Å². The summed E-state index contributed by atoms with van der Waals surface area (Å²) in [4.78, 5) is 4.26. The van der Waals surface area contributed by atoms with Crippen LogP contribution in [0.5, 0.6) is 5.75 Å². The average molecular weight is 340 g/mol. The second-order valence-electron chi connectivity index (χ2n) is 3.92. The molecule has 0 amide bonds. The molecule has 0 bridgehead atoms. The van der Waals surface area contributed by atoms with E-state index < -0.39 is 6.10 Å². The molecule has 1 N–H and O–H groups in total. The van der Waals surface area contributed by atoms with E-state index in [4.69, 9.17) is 4.74 Å². The van der Waals surface area contributed by atoms with Gasteiger partial charge in [0.05, 0.1) is 18.2 Å². The number of halogens is 1. The lowest BCUT2D eigenvalue weighted by atomic mass is 10.1. The lowest BCUT2D eigenvalue weighted by Gasteiger charge is -2.11. The molecule has 0 radical (unpaired) electrons. The molecule has 1 heterocycles. The van der Waals surface area contributed by atoms with Crippen molar-refractivity contribution in [3.63, 3.8) is 0 Å². The molecule has 1 aromatic heterocycles. The van der Waals surface area contributed by atoms with Gasteiger partial charge in [0.15, 0.2) is 0 Å². The first-order chi connectivity index (χ1) is 9.19. The van der Waals surface area contributed by atoms with Crippen LogP contribution in [0.1, 0.15) is 11.7 Å². The van der Waals surface area contributed by atoms with Gasteiger partial charge in [-0.1, -0.05) is 12.1 Å². The lowest BCUT2D eigenvalue weighted by Crippen LogP contribution is -2.01. The van der Waals surface area contributed by atoms with Crippen molar-refractivity contribution < 1.29 is 9.84 Å². The number of aliphatic hydroxyl groups excluding tert-OH is 1. The molecule has 2 aromatic rings. The van der Waals surface area contributed by atoms with E-state index in [1.165, 1.54) is 11.8 Å². The molecule has 0 spiro atoms. The van der Waals surface area contributed by atoms with Gasteiger partial charge in [-0.05, 0) is 45.8 Å². The highest BCUT2D eigenvalue weighted by atomic mass is 79.9. The molecule has 1 aromatic carbocycles. The van der Waals surface area contributed by atoms with Crippen molar-refractivity contribution in [2.24, 2.45) is 0 Å². The highest BCUT2D eigenvalue weighted by Gasteiger charge is 2.09. The Balaban J connectivity index is 1.96. The number of hydrogen-bond donors (Lipinski definition) is 1. The summed E-state index contributed by atoms with van der Waals surface area (Å²) in [5.74, 6) is 1.31. The maximum atomic E-state index is 10.1. The van der Waals surface area contributed by atoms with Gasteiger partial charge >= 0.3 is 0 Å². The number of benzene rings is 1. The van der Waals surface area contributed by atoms with Gasteiger partial charge in [0.2, 0.25) is 0 Å². The van der Waals surface area contributed by atoms with E-state index in [1.807, 2.05) is 36.4 Å². The van der Waals surface area contributed by atoms with Crippen molar-refractivity contribution >= 4 is 27.7 Å². The Bertz CT molecular complexity index is 533. The summed E-state index contributed by atoms with van der Waals surface area (Å²) < 4.78 is 6.09. The van der Waals surface area contributed by atoms with Gasteiger partial charge in [0.25, 0.3) is 0 Å². The Kier molecular flexibility index (Phi) is 5.24. The first kappa shape index (κ1) is 14.4. The standard InChI is InChI=1S/C14H14BrNO2S/c1-18-12-4-2-3-10(7-12)13(17)9-19-14-6-5-11(15)8-16-14/h2-8,13,17H,9H2,1H3. The number of aliphatic hydroxyl groups is 1. The lowest BCUT2D eigenvalue weighted by molar-refractivity contribution is 0.203. The van der Waals surface area contributed by atoms with Crippen molar-refractivity contribution in [3.8, 4) is 5.75 Å². The number of hydrogen-bond acceptors (Lipinski definition) is 4. The van der Waals surface area contributed by atoms with E-state index in [-0.39, 0.29) is 0 Å². The van der Waals surface area contributed by atoms with Crippen LogP contribution in [0.4, 0.5) is 0 Å². The molecular formula is C14H14BrNO2S. The second-order valence-corrected chi connectivity index (χ2v) is 5.87. The summed E-state index contributed by atoms with van der Waals surface area (Å²) in [5, 5.41) is 11.0. The van der Waals surface area contributed by atoms with Crippen LogP contribution >= 0.6 is 27.7 Å². The van der Waals surface area contributed by atoms with Gasteiger partial charge < -0.3 is 9.84 Å². The molecule has 0 aliphatic rings. The minimum Gasteiger partial charge on any atom is -0.497 e. The van der Waals surface area contributed by atoms with E-state index in [0.29, 0.717) is 5.75 Å². The molecule has 0 saturated heterocycles. The van der Waals surface area contributed by atoms with Crippen LogP contribution in [0.2, 0.25) is 0 Å². The zero-order valence-corrected chi connectivity index (χ0v) is 12.8. The van der Waals surface area contributed by atoms with Gasteiger partial charge in [-0.2, -0.15) is 0 Å². The minimum atomic E-state index is -0.537. The topological polar surface area (TPSA) is 42.4 Å². The smallest absolute Gasteiger partial charge is 0.119 e. The van der Waals surface area contributed by atoms with Gasteiger partial charge in [0, 0.05) is 16.4 Å². The van der Waals surface area contributed by atoms with Crippen LogP contribution in [0, 0.1) is 0 Å². The van der Waals surface area contributed by atoms with Crippen LogP contribution in [-0.2, 0) is 0 Å². The molecule has 100 valence electrons. The fraction of sp³-hybridized carbons (Fsp3) is 0.214. The van der Waals surface area contributed by atoms with E-state index in [9.17, 15) is 5.11 Å². The maximum Gasteiger partial charge on any atom is 0.119 e. The summed E-state index contributed by atoms with van der Waals surface area (Å²) in [5.41, 5.74) is 0.851. The summed E-state index contributed by atoms with van der Waals surface area (Å²) in [7, 11) is 1.62. The monoisotopic (exact) mass is 339 g/mol. The predicted octanol–water partition coefficient (Wildman–Crippen LogP) is 3.68. The number of aromatic nitrogens is 1. The number of ether oxygens (including phenoxy) is 1. The van der Waals surface area contributed by atoms with Gasteiger partial charge in [-0.3, -0.25) is 0 Å². The molecule has 0 aliphatic carbocycles. The molecule has 0 fully saturated rings. The van der Waals surface area contributed by atoms with E-state index >= 15 is 0 Å². The average Bonchev–Trinajstić information content (AvgIpc) is 2.46. The number of rotatable bonds is 5. The number of nitrogens with zero attached hydrogens (tertiary/aromatic N) is 1. The Morgan fingerprint density at radius 2 is 2.21 bits per heavy atom. The van der Waals surface area contributed by atoms with Crippen LogP contribution in [0.3, 0.4) is 0 Å². The summed E-state index contributed by atoms with van der Waals surface area (Å²) in [6, 6.07) is 11.3. The fourth-order valence-corrected chi connectivity index (χ4v) is 2.60. The minimum absolute atomic E-state index is 0.537. The normalized spacial score (nSPS) is 12.2. The molecule has 1 atom stereocenters. The van der Waals surface area contributed by atoms with Gasteiger partial charge in [-0.15, -0.1) is 11.8 Å². The van der Waals surface area contributed by atoms with Gasteiger partial charge in [0.1, 0.15) is 5.75 Å². The highest BCUT2D eigenvalue weighted by molar-refractivity contribution is 9.10. The highest BCUT2D eigenvalue weighted by Crippen LogP contribution is 2.26. The summed E-state index contributed by atoms with van der Waals surface area (Å²) in [6.45, 7) is 0.